The van der Waals surface area contributed by atoms with Crippen LogP contribution in [0.4, 0.5) is 0 Å². The molecule has 15 heavy (non-hydrogen) atoms. The molecule has 1 atom stereocenters. The Morgan fingerprint density at radius 2 is 2.33 bits per heavy atom. The van der Waals surface area contributed by atoms with Crippen molar-refractivity contribution in [3.8, 4) is 0 Å². The van der Waals surface area contributed by atoms with Crippen molar-refractivity contribution in [3.63, 3.8) is 0 Å². The molecule has 0 amide bonds. The van der Waals surface area contributed by atoms with E-state index in [1.165, 1.54) is 6.07 Å². The Bertz CT molecular complexity index is 359. The number of thioether (sulfide) groups is 1. The van der Waals surface area contributed by atoms with Crippen molar-refractivity contribution >= 4 is 28.5 Å². The van der Waals surface area contributed by atoms with Crippen LogP contribution in [-0.2, 0) is 16.6 Å². The molecule has 0 fully saturated rings. The highest BCUT2D eigenvalue weighted by atomic mass is 32.2. The van der Waals surface area contributed by atoms with E-state index in [1.54, 1.807) is 24.1 Å². The highest BCUT2D eigenvalue weighted by Crippen LogP contribution is 2.15. The molecule has 0 bridgehead atoms. The molecule has 1 aromatic rings. The van der Waals surface area contributed by atoms with E-state index in [4.69, 9.17) is 9.52 Å². The summed E-state index contributed by atoms with van der Waals surface area (Å²) in [6.07, 6.45) is 1.66. The van der Waals surface area contributed by atoms with Crippen LogP contribution in [0, 0.1) is 0 Å². The van der Waals surface area contributed by atoms with E-state index in [2.05, 4.69) is 0 Å². The first kappa shape index (κ1) is 12.3. The van der Waals surface area contributed by atoms with Gasteiger partial charge in [-0.05, 0) is 12.1 Å². The van der Waals surface area contributed by atoms with Gasteiger partial charge in [0.1, 0.15) is 5.76 Å². The lowest BCUT2D eigenvalue weighted by Crippen LogP contribution is -1.96. The van der Waals surface area contributed by atoms with Gasteiger partial charge in [0.25, 0.3) is 0 Å². The quantitative estimate of drug-likeness (QED) is 0.774. The first-order valence-electron chi connectivity index (χ1n) is 4.29. The van der Waals surface area contributed by atoms with Gasteiger partial charge >= 0.3 is 5.97 Å². The molecule has 1 heterocycles. The van der Waals surface area contributed by atoms with Gasteiger partial charge in [-0.1, -0.05) is 0 Å². The fourth-order valence-corrected chi connectivity index (χ4v) is 2.83. The fourth-order valence-electron chi connectivity index (χ4n) is 0.919. The van der Waals surface area contributed by atoms with Gasteiger partial charge in [0.05, 0.1) is 5.75 Å². The van der Waals surface area contributed by atoms with Crippen LogP contribution in [-0.4, -0.2) is 33.0 Å². The molecule has 84 valence electrons. The largest absolute Gasteiger partial charge is 0.475 e. The zero-order chi connectivity index (χ0) is 11.3. The minimum atomic E-state index is -1.05. The van der Waals surface area contributed by atoms with E-state index < -0.39 is 16.8 Å². The van der Waals surface area contributed by atoms with Crippen LogP contribution in [0.15, 0.2) is 16.5 Å². The molecule has 1 aromatic heterocycles. The Morgan fingerprint density at radius 3 is 2.87 bits per heavy atom. The minimum absolute atomic E-state index is 0.0373. The Kier molecular flexibility index (Phi) is 4.90. The van der Waals surface area contributed by atoms with Gasteiger partial charge in [0.15, 0.2) is 0 Å². The molecule has 0 saturated heterocycles. The average Bonchev–Trinajstić information content (AvgIpc) is 2.60. The van der Waals surface area contributed by atoms with E-state index in [-0.39, 0.29) is 5.76 Å². The van der Waals surface area contributed by atoms with Crippen LogP contribution in [0.5, 0.6) is 0 Å². The number of hydrogen-bond donors (Lipinski definition) is 1. The third kappa shape index (κ3) is 4.53. The van der Waals surface area contributed by atoms with Crippen LogP contribution >= 0.6 is 11.8 Å². The number of carboxylic acid groups (broad SMARTS) is 1. The molecule has 0 radical (unpaired) electrons. The second kappa shape index (κ2) is 5.97. The normalized spacial score (nSPS) is 12.6. The van der Waals surface area contributed by atoms with Crippen molar-refractivity contribution in [2.75, 3.05) is 17.8 Å². The third-order valence-corrected chi connectivity index (χ3v) is 3.65. The molecule has 0 aromatic carbocycles. The first-order chi connectivity index (χ1) is 7.09. The van der Waals surface area contributed by atoms with Crippen molar-refractivity contribution in [2.24, 2.45) is 0 Å². The average molecular weight is 248 g/mol. The Hall–Kier alpha value is -0.750. The predicted molar refractivity (Wildman–Crippen MR) is 60.8 cm³/mol. The van der Waals surface area contributed by atoms with Gasteiger partial charge in [-0.15, -0.1) is 0 Å². The zero-order valence-corrected chi connectivity index (χ0v) is 9.90. The standard InChI is InChI=1S/C9H12O4S2/c1-15(12)5-4-14-6-7-2-3-8(13-7)9(10)11/h2-3H,4-6H2,1H3,(H,10,11). The SMILES string of the molecule is CS(=O)CCSCc1ccc(C(=O)O)o1. The third-order valence-electron chi connectivity index (χ3n) is 1.63. The van der Waals surface area contributed by atoms with Gasteiger partial charge in [0.2, 0.25) is 5.76 Å². The van der Waals surface area contributed by atoms with Crippen molar-refractivity contribution in [1.29, 1.82) is 0 Å². The summed E-state index contributed by atoms with van der Waals surface area (Å²) in [6.45, 7) is 0. The second-order valence-electron chi connectivity index (χ2n) is 2.90. The predicted octanol–water partition coefficient (Wildman–Crippen LogP) is 1.59. The fraction of sp³-hybridized carbons (Fsp3) is 0.444. The van der Waals surface area contributed by atoms with E-state index in [9.17, 15) is 9.00 Å². The van der Waals surface area contributed by atoms with Gasteiger partial charge in [-0.25, -0.2) is 4.79 Å². The Morgan fingerprint density at radius 1 is 1.60 bits per heavy atom. The van der Waals surface area contributed by atoms with Crippen molar-refractivity contribution in [1.82, 2.24) is 0 Å². The lowest BCUT2D eigenvalue weighted by molar-refractivity contribution is 0.0661. The van der Waals surface area contributed by atoms with E-state index in [0.29, 0.717) is 17.3 Å². The topological polar surface area (TPSA) is 67.5 Å². The van der Waals surface area contributed by atoms with Crippen molar-refractivity contribution in [2.45, 2.75) is 5.75 Å². The second-order valence-corrected chi connectivity index (χ2v) is 5.56. The van der Waals surface area contributed by atoms with Gasteiger partial charge < -0.3 is 9.52 Å². The van der Waals surface area contributed by atoms with Crippen LogP contribution in [0.1, 0.15) is 16.3 Å². The minimum Gasteiger partial charge on any atom is -0.475 e. The van der Waals surface area contributed by atoms with Crippen molar-refractivity contribution in [3.05, 3.63) is 23.7 Å². The molecule has 1 unspecified atom stereocenters. The number of aromatic carboxylic acids is 1. The smallest absolute Gasteiger partial charge is 0.371 e. The number of rotatable bonds is 6. The summed E-state index contributed by atoms with van der Waals surface area (Å²) in [5.74, 6) is 1.60. The van der Waals surface area contributed by atoms with Gasteiger partial charge in [-0.3, -0.25) is 4.21 Å². The Balaban J connectivity index is 2.31. The molecule has 0 spiro atoms. The zero-order valence-electron chi connectivity index (χ0n) is 8.26. The molecule has 0 saturated carbocycles. The monoisotopic (exact) mass is 248 g/mol. The van der Waals surface area contributed by atoms with Crippen LogP contribution in [0.3, 0.4) is 0 Å². The molecule has 0 aliphatic rings. The van der Waals surface area contributed by atoms with Gasteiger partial charge in [-0.2, -0.15) is 11.8 Å². The molecule has 0 aliphatic carbocycles. The summed E-state index contributed by atoms with van der Waals surface area (Å²) in [7, 11) is -0.771. The van der Waals surface area contributed by atoms with Crippen LogP contribution < -0.4 is 0 Å². The molecule has 1 rings (SSSR count). The van der Waals surface area contributed by atoms with E-state index >= 15 is 0 Å². The molecule has 1 N–H and O–H groups in total. The number of carboxylic acids is 1. The summed E-state index contributed by atoms with van der Waals surface area (Å²) in [4.78, 5) is 10.5. The highest BCUT2D eigenvalue weighted by Gasteiger charge is 2.08. The lowest BCUT2D eigenvalue weighted by atomic mass is 10.4. The summed E-state index contributed by atoms with van der Waals surface area (Å²) < 4.78 is 15.8. The maximum atomic E-state index is 10.7. The molecule has 0 aliphatic heterocycles. The summed E-state index contributed by atoms with van der Waals surface area (Å²) in [5.41, 5.74) is 0. The van der Waals surface area contributed by atoms with E-state index in [0.717, 1.165) is 5.75 Å². The maximum Gasteiger partial charge on any atom is 0.371 e. The lowest BCUT2D eigenvalue weighted by Gasteiger charge is -1.96. The molecule has 6 heteroatoms. The van der Waals surface area contributed by atoms with Gasteiger partial charge in [0, 0.05) is 28.6 Å². The molecular formula is C9H12O4S2. The van der Waals surface area contributed by atoms with E-state index in [1.807, 2.05) is 0 Å². The summed E-state index contributed by atoms with van der Waals surface area (Å²) >= 11 is 1.58. The van der Waals surface area contributed by atoms with Crippen LogP contribution in [0.2, 0.25) is 0 Å². The summed E-state index contributed by atoms with van der Waals surface area (Å²) in [6, 6.07) is 3.09. The molecule has 4 nitrogen and oxygen atoms in total. The number of hydrogen-bond acceptors (Lipinski definition) is 4. The number of furan rings is 1. The van der Waals surface area contributed by atoms with Crippen molar-refractivity contribution < 1.29 is 18.5 Å². The Labute approximate surface area is 94.5 Å². The highest BCUT2D eigenvalue weighted by molar-refractivity contribution is 7.99. The number of carbonyl (C=O) groups is 1. The first-order valence-corrected chi connectivity index (χ1v) is 7.17. The summed E-state index contributed by atoms with van der Waals surface area (Å²) in [5, 5.41) is 8.60. The molecular weight excluding hydrogens is 236 g/mol. The maximum absolute atomic E-state index is 10.7. The van der Waals surface area contributed by atoms with Crippen LogP contribution in [0.25, 0.3) is 0 Å².